The second-order valence-corrected chi connectivity index (χ2v) is 7.86. The summed E-state index contributed by atoms with van der Waals surface area (Å²) in [6.07, 6.45) is -0.698. The van der Waals surface area contributed by atoms with Crippen LogP contribution < -0.4 is 15.8 Å². The summed E-state index contributed by atoms with van der Waals surface area (Å²) in [6, 6.07) is 3.48. The Morgan fingerprint density at radius 2 is 1.94 bits per heavy atom. The smallest absolute Gasteiger partial charge is 0.353 e. The lowest BCUT2D eigenvalue weighted by Gasteiger charge is -2.12. The Labute approximate surface area is 185 Å². The SMILES string of the molecule is Cc1cc(C(=O)Oc2ccc(C(=N)N)cc2F)sc1CCC(=O)N[C@@H](CC(=O)O)C(=O)O. The molecule has 2 aromatic rings. The summed E-state index contributed by atoms with van der Waals surface area (Å²) >= 11 is 1.04. The predicted octanol–water partition coefficient (Wildman–Crippen LogP) is 1.68. The van der Waals surface area contributed by atoms with Gasteiger partial charge in [0.05, 0.1) is 6.42 Å². The third-order valence-electron chi connectivity index (χ3n) is 4.26. The van der Waals surface area contributed by atoms with Crippen LogP contribution in [0.3, 0.4) is 0 Å². The average molecular weight is 465 g/mol. The van der Waals surface area contributed by atoms with Gasteiger partial charge in [-0.15, -0.1) is 11.3 Å². The Balaban J connectivity index is 2.01. The number of rotatable bonds is 10. The van der Waals surface area contributed by atoms with Gasteiger partial charge in [-0.25, -0.2) is 14.0 Å². The Hall–Kier alpha value is -3.80. The molecular weight excluding hydrogens is 445 g/mol. The zero-order valence-electron chi connectivity index (χ0n) is 16.8. The fourth-order valence-corrected chi connectivity index (χ4v) is 3.69. The Morgan fingerprint density at radius 1 is 1.25 bits per heavy atom. The van der Waals surface area contributed by atoms with Crippen LogP contribution in [-0.2, 0) is 20.8 Å². The topological polar surface area (TPSA) is 180 Å². The molecule has 2 rings (SSSR count). The number of carbonyl (C=O) groups excluding carboxylic acids is 2. The largest absolute Gasteiger partial charge is 0.481 e. The van der Waals surface area contributed by atoms with Crippen molar-refractivity contribution in [2.75, 3.05) is 0 Å². The van der Waals surface area contributed by atoms with Crippen LogP contribution >= 0.6 is 11.3 Å². The molecule has 0 fully saturated rings. The van der Waals surface area contributed by atoms with Crippen LogP contribution in [-0.4, -0.2) is 45.9 Å². The van der Waals surface area contributed by atoms with Gasteiger partial charge >= 0.3 is 17.9 Å². The summed E-state index contributed by atoms with van der Waals surface area (Å²) < 4.78 is 19.1. The van der Waals surface area contributed by atoms with E-state index in [9.17, 15) is 23.6 Å². The quantitative estimate of drug-likeness (QED) is 0.152. The number of esters is 1. The van der Waals surface area contributed by atoms with Gasteiger partial charge in [0.1, 0.15) is 16.8 Å². The number of carboxylic acids is 2. The lowest BCUT2D eigenvalue weighted by atomic mass is 10.1. The van der Waals surface area contributed by atoms with E-state index < -0.39 is 42.1 Å². The normalized spacial score (nSPS) is 11.4. The molecule has 1 aromatic heterocycles. The number of ether oxygens (including phenoxy) is 1. The number of carboxylic acid groups (broad SMARTS) is 2. The molecule has 32 heavy (non-hydrogen) atoms. The molecule has 0 spiro atoms. The van der Waals surface area contributed by atoms with E-state index >= 15 is 0 Å². The number of carbonyl (C=O) groups is 4. The summed E-state index contributed by atoms with van der Waals surface area (Å²) in [5.41, 5.74) is 6.11. The molecule has 12 heteroatoms. The first-order valence-electron chi connectivity index (χ1n) is 9.17. The monoisotopic (exact) mass is 465 g/mol. The zero-order valence-corrected chi connectivity index (χ0v) is 17.6. The molecule has 1 atom stereocenters. The molecule has 0 aliphatic carbocycles. The summed E-state index contributed by atoms with van der Waals surface area (Å²) in [4.78, 5) is 46.9. The second-order valence-electron chi connectivity index (χ2n) is 6.72. The molecule has 0 aliphatic rings. The van der Waals surface area contributed by atoms with Crippen molar-refractivity contribution in [1.29, 1.82) is 5.41 Å². The Bertz CT molecular complexity index is 1080. The molecule has 0 radical (unpaired) electrons. The molecule has 0 saturated carbocycles. The maximum Gasteiger partial charge on any atom is 0.353 e. The number of amides is 1. The van der Waals surface area contributed by atoms with E-state index in [0.29, 0.717) is 10.4 Å². The van der Waals surface area contributed by atoms with E-state index in [4.69, 9.17) is 26.1 Å². The summed E-state index contributed by atoms with van der Waals surface area (Å²) in [6.45, 7) is 1.70. The molecule has 10 nitrogen and oxygen atoms in total. The van der Waals surface area contributed by atoms with Crippen molar-refractivity contribution in [1.82, 2.24) is 5.32 Å². The minimum atomic E-state index is -1.54. The van der Waals surface area contributed by atoms with Gasteiger partial charge < -0.3 is 26.0 Å². The number of aryl methyl sites for hydroxylation is 2. The summed E-state index contributed by atoms with van der Waals surface area (Å²) in [7, 11) is 0. The Kier molecular flexibility index (Phi) is 8.02. The fraction of sp³-hybridized carbons (Fsp3) is 0.250. The number of halogens is 1. The third kappa shape index (κ3) is 6.60. The van der Waals surface area contributed by atoms with Crippen molar-refractivity contribution < 1.29 is 38.5 Å². The van der Waals surface area contributed by atoms with Crippen LogP contribution in [0, 0.1) is 18.2 Å². The van der Waals surface area contributed by atoms with Crippen LogP contribution in [0.2, 0.25) is 0 Å². The molecule has 0 unspecified atom stereocenters. The number of aliphatic carboxylic acids is 2. The molecule has 0 saturated heterocycles. The van der Waals surface area contributed by atoms with Crippen LogP contribution in [0.25, 0.3) is 0 Å². The highest BCUT2D eigenvalue weighted by atomic mass is 32.1. The number of amidine groups is 1. The number of hydrogen-bond acceptors (Lipinski definition) is 7. The number of nitrogen functional groups attached to an aromatic ring is 1. The summed E-state index contributed by atoms with van der Waals surface area (Å²) in [5, 5.41) is 27.1. The number of benzene rings is 1. The van der Waals surface area contributed by atoms with Crippen molar-refractivity contribution in [3.63, 3.8) is 0 Å². The maximum atomic E-state index is 14.1. The van der Waals surface area contributed by atoms with Gasteiger partial charge in [-0.3, -0.25) is 15.0 Å². The van der Waals surface area contributed by atoms with E-state index in [0.717, 1.165) is 17.4 Å². The minimum absolute atomic E-state index is 0.125. The molecular formula is C20H20FN3O7S. The van der Waals surface area contributed by atoms with Gasteiger partial charge in [0.15, 0.2) is 11.6 Å². The van der Waals surface area contributed by atoms with E-state index in [1.54, 1.807) is 6.92 Å². The van der Waals surface area contributed by atoms with Crippen molar-refractivity contribution in [3.8, 4) is 5.75 Å². The van der Waals surface area contributed by atoms with E-state index in [1.165, 1.54) is 18.2 Å². The molecule has 1 aromatic carbocycles. The van der Waals surface area contributed by atoms with Gasteiger partial charge in [-0.05, 0) is 43.2 Å². The first kappa shape index (κ1) is 24.5. The van der Waals surface area contributed by atoms with Gasteiger partial charge in [0, 0.05) is 16.9 Å². The number of nitrogens with one attached hydrogen (secondary N) is 2. The van der Waals surface area contributed by atoms with Crippen LogP contribution in [0.15, 0.2) is 24.3 Å². The predicted molar refractivity (Wildman–Crippen MR) is 112 cm³/mol. The van der Waals surface area contributed by atoms with Crippen molar-refractivity contribution in [3.05, 3.63) is 51.0 Å². The molecule has 1 amide bonds. The van der Waals surface area contributed by atoms with Crippen LogP contribution in [0.4, 0.5) is 4.39 Å². The summed E-state index contributed by atoms with van der Waals surface area (Å²) in [5.74, 6) is -5.79. The maximum absolute atomic E-state index is 14.1. The van der Waals surface area contributed by atoms with Gasteiger partial charge in [0.2, 0.25) is 5.91 Å². The number of nitrogens with two attached hydrogens (primary N) is 1. The van der Waals surface area contributed by atoms with Crippen LogP contribution in [0.1, 0.15) is 38.5 Å². The highest BCUT2D eigenvalue weighted by molar-refractivity contribution is 7.14. The van der Waals surface area contributed by atoms with Crippen molar-refractivity contribution in [2.24, 2.45) is 5.73 Å². The van der Waals surface area contributed by atoms with Crippen molar-refractivity contribution >= 4 is 41.0 Å². The molecule has 0 bridgehead atoms. The highest BCUT2D eigenvalue weighted by Crippen LogP contribution is 2.26. The first-order chi connectivity index (χ1) is 15.0. The van der Waals surface area contributed by atoms with E-state index in [1.807, 2.05) is 0 Å². The van der Waals surface area contributed by atoms with Gasteiger partial charge in [-0.1, -0.05) is 0 Å². The fourth-order valence-electron chi connectivity index (χ4n) is 2.64. The van der Waals surface area contributed by atoms with E-state index in [2.05, 4.69) is 5.32 Å². The molecule has 1 heterocycles. The second kappa shape index (κ2) is 10.5. The third-order valence-corrected chi connectivity index (χ3v) is 5.54. The van der Waals surface area contributed by atoms with Gasteiger partial charge in [-0.2, -0.15) is 0 Å². The standard InChI is InChI=1S/C20H20FN3O7S/c1-9-6-15(20(30)31-13-3-2-10(18(22)23)7-11(13)21)32-14(9)4-5-16(25)24-12(19(28)29)8-17(26)27/h2-3,6-7,12H,4-5,8H2,1H3,(H3,22,23)(H,24,25)(H,26,27)(H,28,29)/t12-/m0/s1. The highest BCUT2D eigenvalue weighted by Gasteiger charge is 2.23. The first-order valence-corrected chi connectivity index (χ1v) is 9.99. The van der Waals surface area contributed by atoms with Gasteiger partial charge in [0.25, 0.3) is 0 Å². The minimum Gasteiger partial charge on any atom is -0.481 e. The number of hydrogen-bond donors (Lipinski definition) is 5. The zero-order chi connectivity index (χ0) is 24.0. The van der Waals surface area contributed by atoms with Crippen molar-refractivity contribution in [2.45, 2.75) is 32.2 Å². The number of thiophene rings is 1. The van der Waals surface area contributed by atoms with E-state index in [-0.39, 0.29) is 34.9 Å². The molecule has 6 N–H and O–H groups in total. The molecule has 170 valence electrons. The lowest BCUT2D eigenvalue weighted by molar-refractivity contribution is -0.147. The molecule has 0 aliphatic heterocycles. The lowest BCUT2D eigenvalue weighted by Crippen LogP contribution is -2.42. The Morgan fingerprint density at radius 3 is 2.50 bits per heavy atom. The van der Waals surface area contributed by atoms with Crippen LogP contribution in [0.5, 0.6) is 5.75 Å². The average Bonchev–Trinajstić information content (AvgIpc) is 3.07.